The van der Waals surface area contributed by atoms with E-state index in [-0.39, 0.29) is 36.0 Å². The van der Waals surface area contributed by atoms with Crippen LogP contribution in [-0.4, -0.2) is 36.6 Å². The summed E-state index contributed by atoms with van der Waals surface area (Å²) in [5.74, 6) is -1.52. The molecular formula is C19H18F5N3O3. The van der Waals surface area contributed by atoms with Crippen LogP contribution in [0.1, 0.15) is 29.5 Å². The van der Waals surface area contributed by atoms with Gasteiger partial charge < -0.3 is 14.4 Å². The van der Waals surface area contributed by atoms with Crippen molar-refractivity contribution in [3.05, 3.63) is 53.4 Å². The molecule has 6 nitrogen and oxygen atoms in total. The largest absolute Gasteiger partial charge is 0.459 e. The second-order valence-electron chi connectivity index (χ2n) is 6.34. The van der Waals surface area contributed by atoms with E-state index in [9.17, 15) is 26.7 Å². The third-order valence-electron chi connectivity index (χ3n) is 3.75. The number of anilines is 1. The number of esters is 1. The lowest BCUT2D eigenvalue weighted by Gasteiger charge is -2.14. The number of hydrogen-bond donors (Lipinski definition) is 0. The average Bonchev–Trinajstić information content (AvgIpc) is 2.66. The van der Waals surface area contributed by atoms with E-state index in [2.05, 4.69) is 9.97 Å². The first kappa shape index (κ1) is 23.0. The first-order valence-electron chi connectivity index (χ1n) is 8.56. The van der Waals surface area contributed by atoms with Crippen molar-refractivity contribution in [2.24, 2.45) is 0 Å². The molecule has 0 saturated heterocycles. The molecule has 1 aromatic carbocycles. The number of aromatic nitrogens is 2. The first-order chi connectivity index (χ1) is 14.0. The van der Waals surface area contributed by atoms with Crippen LogP contribution < -0.4 is 9.64 Å². The minimum atomic E-state index is -4.56. The van der Waals surface area contributed by atoms with Gasteiger partial charge in [0, 0.05) is 26.6 Å². The highest BCUT2D eigenvalue weighted by Gasteiger charge is 2.30. The highest BCUT2D eigenvalue weighted by Crippen LogP contribution is 2.32. The van der Waals surface area contributed by atoms with Crippen molar-refractivity contribution in [2.45, 2.75) is 19.5 Å². The van der Waals surface area contributed by atoms with Crippen molar-refractivity contribution in [3.8, 4) is 11.6 Å². The molecule has 2 aromatic rings. The number of benzene rings is 1. The second kappa shape index (κ2) is 9.51. The Kier molecular flexibility index (Phi) is 7.30. The van der Waals surface area contributed by atoms with Gasteiger partial charge in [0.25, 0.3) is 6.08 Å². The van der Waals surface area contributed by atoms with Gasteiger partial charge in [-0.15, -0.1) is 0 Å². The molecule has 0 spiro atoms. The summed E-state index contributed by atoms with van der Waals surface area (Å²) in [4.78, 5) is 21.5. The second-order valence-corrected chi connectivity index (χ2v) is 6.34. The van der Waals surface area contributed by atoms with Crippen LogP contribution in [0.15, 0.2) is 42.0 Å². The highest BCUT2D eigenvalue weighted by atomic mass is 19.4. The van der Waals surface area contributed by atoms with Gasteiger partial charge in [0.15, 0.2) is 0 Å². The van der Waals surface area contributed by atoms with Crippen molar-refractivity contribution in [1.29, 1.82) is 0 Å². The predicted molar refractivity (Wildman–Crippen MR) is 97.7 cm³/mol. The SMILES string of the molecule is CC(CCOC(=O)c1nc(Oc2cccc(C(F)(F)F)c2)cc(N(C)C)n1)=C(F)F. The number of ether oxygens (including phenoxy) is 2. The summed E-state index contributed by atoms with van der Waals surface area (Å²) in [6.45, 7) is 0.884. The quantitative estimate of drug-likeness (QED) is 0.451. The van der Waals surface area contributed by atoms with Gasteiger partial charge in [-0.3, -0.25) is 0 Å². The van der Waals surface area contributed by atoms with E-state index in [1.54, 1.807) is 14.1 Å². The standard InChI is InChI=1S/C19H18F5N3O3/c1-11(16(20)21)7-8-29-18(28)17-25-14(27(2)3)10-15(26-17)30-13-6-4-5-12(9-13)19(22,23)24/h4-6,9-10H,7-8H2,1-3H3. The molecule has 0 radical (unpaired) electrons. The predicted octanol–water partition coefficient (Wildman–Crippen LogP) is 5.07. The molecule has 1 heterocycles. The molecule has 0 amide bonds. The minimum Gasteiger partial charge on any atom is -0.459 e. The molecule has 2 rings (SSSR count). The molecule has 0 saturated carbocycles. The topological polar surface area (TPSA) is 64.6 Å². The first-order valence-corrected chi connectivity index (χ1v) is 8.56. The van der Waals surface area contributed by atoms with Gasteiger partial charge in [0.05, 0.1) is 12.2 Å². The Morgan fingerprint density at radius 1 is 1.13 bits per heavy atom. The van der Waals surface area contributed by atoms with Gasteiger partial charge in [-0.2, -0.15) is 26.9 Å². The minimum absolute atomic E-state index is 0.147. The summed E-state index contributed by atoms with van der Waals surface area (Å²) in [6.07, 6.45) is -6.58. The fraction of sp³-hybridized carbons (Fsp3) is 0.316. The van der Waals surface area contributed by atoms with Gasteiger partial charge in [-0.1, -0.05) is 6.07 Å². The molecule has 0 aliphatic rings. The summed E-state index contributed by atoms with van der Waals surface area (Å²) in [5.41, 5.74) is -1.13. The fourth-order valence-electron chi connectivity index (χ4n) is 2.10. The summed E-state index contributed by atoms with van der Waals surface area (Å²) >= 11 is 0. The molecule has 0 bridgehead atoms. The monoisotopic (exact) mass is 431 g/mol. The highest BCUT2D eigenvalue weighted by molar-refractivity contribution is 5.85. The van der Waals surface area contributed by atoms with Crippen LogP contribution in [0.4, 0.5) is 27.8 Å². The van der Waals surface area contributed by atoms with Gasteiger partial charge in [0.1, 0.15) is 11.6 Å². The maximum Gasteiger partial charge on any atom is 0.416 e. The van der Waals surface area contributed by atoms with Crippen molar-refractivity contribution >= 4 is 11.8 Å². The van der Waals surface area contributed by atoms with Gasteiger partial charge in [0.2, 0.25) is 11.7 Å². The third-order valence-corrected chi connectivity index (χ3v) is 3.75. The summed E-state index contributed by atoms with van der Waals surface area (Å²) < 4.78 is 73.7. The Hall–Kier alpha value is -3.24. The fourth-order valence-corrected chi connectivity index (χ4v) is 2.10. The maximum atomic E-state index is 12.9. The molecule has 0 unspecified atom stereocenters. The van der Waals surface area contributed by atoms with Crippen molar-refractivity contribution in [3.63, 3.8) is 0 Å². The zero-order chi connectivity index (χ0) is 22.5. The number of carbonyl (C=O) groups is 1. The lowest BCUT2D eigenvalue weighted by molar-refractivity contribution is -0.137. The molecule has 0 N–H and O–H groups in total. The molecule has 0 aliphatic carbocycles. The third kappa shape index (κ3) is 6.39. The molecule has 0 atom stereocenters. The Bertz CT molecular complexity index is 941. The molecular weight excluding hydrogens is 413 g/mol. The zero-order valence-electron chi connectivity index (χ0n) is 16.3. The van der Waals surface area contributed by atoms with Crippen LogP contribution in [0, 0.1) is 0 Å². The molecule has 0 fully saturated rings. The zero-order valence-corrected chi connectivity index (χ0v) is 16.3. The number of nitrogens with zero attached hydrogens (tertiary/aromatic N) is 3. The van der Waals surface area contributed by atoms with E-state index in [1.165, 1.54) is 30.0 Å². The number of rotatable bonds is 7. The molecule has 30 heavy (non-hydrogen) atoms. The van der Waals surface area contributed by atoms with Gasteiger partial charge in [-0.25, -0.2) is 9.78 Å². The molecule has 1 aromatic heterocycles. The van der Waals surface area contributed by atoms with Crippen molar-refractivity contribution < 1.29 is 36.2 Å². The van der Waals surface area contributed by atoms with E-state index in [4.69, 9.17) is 9.47 Å². The van der Waals surface area contributed by atoms with Gasteiger partial charge >= 0.3 is 12.1 Å². The van der Waals surface area contributed by atoms with Crippen LogP contribution in [-0.2, 0) is 10.9 Å². The van der Waals surface area contributed by atoms with Gasteiger partial charge in [-0.05, 0) is 30.7 Å². The lowest BCUT2D eigenvalue weighted by atomic mass is 10.2. The number of carbonyl (C=O) groups excluding carboxylic acids is 1. The number of hydrogen-bond acceptors (Lipinski definition) is 6. The van der Waals surface area contributed by atoms with E-state index in [0.717, 1.165) is 12.1 Å². The van der Waals surface area contributed by atoms with Crippen molar-refractivity contribution in [2.75, 3.05) is 25.6 Å². The average molecular weight is 431 g/mol. The van der Waals surface area contributed by atoms with E-state index >= 15 is 0 Å². The van der Waals surface area contributed by atoms with E-state index < -0.39 is 29.6 Å². The van der Waals surface area contributed by atoms with Crippen LogP contribution in [0.3, 0.4) is 0 Å². The Labute approximate surface area is 168 Å². The Morgan fingerprint density at radius 2 is 1.83 bits per heavy atom. The van der Waals surface area contributed by atoms with E-state index in [0.29, 0.717) is 0 Å². The van der Waals surface area contributed by atoms with Crippen LogP contribution in [0.25, 0.3) is 0 Å². The lowest BCUT2D eigenvalue weighted by Crippen LogP contribution is -2.17. The number of halogens is 5. The smallest absolute Gasteiger partial charge is 0.416 e. The normalized spacial score (nSPS) is 11.1. The summed E-state index contributed by atoms with van der Waals surface area (Å²) in [6, 6.07) is 5.46. The van der Waals surface area contributed by atoms with Crippen LogP contribution in [0.2, 0.25) is 0 Å². The molecule has 0 aliphatic heterocycles. The number of alkyl halides is 3. The Balaban J connectivity index is 2.24. The molecule has 11 heteroatoms. The van der Waals surface area contributed by atoms with Crippen LogP contribution in [0.5, 0.6) is 11.6 Å². The summed E-state index contributed by atoms with van der Waals surface area (Å²) in [5, 5.41) is 0. The maximum absolute atomic E-state index is 12.9. The van der Waals surface area contributed by atoms with Crippen molar-refractivity contribution in [1.82, 2.24) is 9.97 Å². The summed E-state index contributed by atoms with van der Waals surface area (Å²) in [7, 11) is 3.23. The molecule has 162 valence electrons. The van der Waals surface area contributed by atoms with Crippen LogP contribution >= 0.6 is 0 Å². The Morgan fingerprint density at radius 3 is 2.43 bits per heavy atom. The van der Waals surface area contributed by atoms with E-state index in [1.807, 2.05) is 0 Å².